The highest BCUT2D eigenvalue weighted by molar-refractivity contribution is 7.87. The fourth-order valence-corrected chi connectivity index (χ4v) is 4.88. The van der Waals surface area contributed by atoms with E-state index in [-0.39, 0.29) is 18.0 Å². The molecule has 1 fully saturated rings. The molecule has 8 nitrogen and oxygen atoms in total. The summed E-state index contributed by atoms with van der Waals surface area (Å²) in [6.45, 7) is 3.64. The van der Waals surface area contributed by atoms with Crippen molar-refractivity contribution in [1.82, 2.24) is 19.2 Å². The lowest BCUT2D eigenvalue weighted by atomic mass is 9.88. The van der Waals surface area contributed by atoms with Gasteiger partial charge in [-0.15, -0.1) is 5.10 Å². The molecule has 29 heavy (non-hydrogen) atoms. The molecule has 0 bridgehead atoms. The molecule has 1 aliphatic rings. The van der Waals surface area contributed by atoms with Gasteiger partial charge in [0.15, 0.2) is 0 Å². The number of alkyl halides is 2. The summed E-state index contributed by atoms with van der Waals surface area (Å²) in [6.07, 6.45) is -0.600. The van der Waals surface area contributed by atoms with E-state index in [0.717, 1.165) is 5.56 Å². The van der Waals surface area contributed by atoms with E-state index in [2.05, 4.69) is 9.82 Å². The van der Waals surface area contributed by atoms with E-state index in [9.17, 15) is 26.4 Å². The fourth-order valence-electron chi connectivity index (χ4n) is 3.42. The summed E-state index contributed by atoms with van der Waals surface area (Å²) in [6, 6.07) is 1.53. The Balaban J connectivity index is 2.01. The number of H-pyrrole nitrogens is 1. The Bertz CT molecular complexity index is 1070. The summed E-state index contributed by atoms with van der Waals surface area (Å²) in [5, 5.41) is 5.69. The average Bonchev–Trinajstić information content (AvgIpc) is 3.22. The Morgan fingerprint density at radius 3 is 2.59 bits per heavy atom. The van der Waals surface area contributed by atoms with Crippen molar-refractivity contribution in [3.05, 3.63) is 51.1 Å². The van der Waals surface area contributed by atoms with Crippen molar-refractivity contribution in [1.29, 1.82) is 0 Å². The lowest BCUT2D eigenvalue weighted by Gasteiger charge is -2.27. The predicted molar refractivity (Wildman–Crippen MR) is 97.3 cm³/mol. The van der Waals surface area contributed by atoms with Crippen LogP contribution in [0.15, 0.2) is 21.3 Å². The van der Waals surface area contributed by atoms with Gasteiger partial charge in [-0.1, -0.05) is 13.0 Å². The Morgan fingerprint density at radius 2 is 2.03 bits per heavy atom. The second-order valence-electron chi connectivity index (χ2n) is 7.18. The minimum absolute atomic E-state index is 0.204. The quantitative estimate of drug-likeness (QED) is 0.724. The largest absolute Gasteiger partial charge is 0.434 e. The Kier molecular flexibility index (Phi) is 5.62. The van der Waals surface area contributed by atoms with Crippen molar-refractivity contribution in [2.75, 3.05) is 13.1 Å². The molecule has 160 valence electrons. The van der Waals surface area contributed by atoms with Gasteiger partial charge in [0.05, 0.1) is 6.54 Å². The molecule has 1 aliphatic heterocycles. The molecular formula is C17H21F3N4O4S. The number of hydrogen-bond acceptors (Lipinski definition) is 5. The molecule has 0 spiro atoms. The lowest BCUT2D eigenvalue weighted by Crippen LogP contribution is -2.43. The first-order valence-electron chi connectivity index (χ1n) is 8.87. The summed E-state index contributed by atoms with van der Waals surface area (Å²) in [5.41, 5.74) is 1.57. The Labute approximate surface area is 165 Å². The maximum atomic E-state index is 14.6. The van der Waals surface area contributed by atoms with E-state index in [1.807, 2.05) is 5.10 Å². The third kappa shape index (κ3) is 4.38. The van der Waals surface area contributed by atoms with Gasteiger partial charge in [0.25, 0.3) is 16.1 Å². The molecular weight excluding hydrogens is 413 g/mol. The van der Waals surface area contributed by atoms with Crippen LogP contribution in [0.3, 0.4) is 0 Å². The molecule has 2 atom stereocenters. The van der Waals surface area contributed by atoms with Crippen LogP contribution in [0.4, 0.5) is 13.2 Å². The number of aryl methyl sites for hydroxylation is 1. The Hall–Kier alpha value is -2.18. The number of aromatic amines is 1. The molecule has 0 aliphatic carbocycles. The highest BCUT2D eigenvalue weighted by atomic mass is 32.2. The van der Waals surface area contributed by atoms with Gasteiger partial charge in [-0.05, 0) is 36.6 Å². The number of benzene rings is 1. The van der Waals surface area contributed by atoms with Crippen LogP contribution in [0.25, 0.3) is 0 Å². The number of aromatic nitrogens is 2. The third-order valence-electron chi connectivity index (χ3n) is 5.16. The first-order chi connectivity index (χ1) is 13.4. The number of hydrogen-bond donors (Lipinski definition) is 2. The van der Waals surface area contributed by atoms with E-state index in [4.69, 9.17) is 4.42 Å². The first kappa shape index (κ1) is 21.5. The second-order valence-corrected chi connectivity index (χ2v) is 8.89. The van der Waals surface area contributed by atoms with Crippen LogP contribution in [0, 0.1) is 19.7 Å². The highest BCUT2D eigenvalue weighted by Crippen LogP contribution is 2.36. The van der Waals surface area contributed by atoms with Gasteiger partial charge < -0.3 is 4.42 Å². The van der Waals surface area contributed by atoms with Gasteiger partial charge in [-0.2, -0.15) is 17.4 Å². The smallest absolute Gasteiger partial charge is 0.391 e. The Morgan fingerprint density at radius 1 is 1.34 bits per heavy atom. The maximum Gasteiger partial charge on any atom is 0.434 e. The molecule has 1 aromatic carbocycles. The van der Waals surface area contributed by atoms with Crippen LogP contribution in [0.1, 0.15) is 47.9 Å². The fraction of sp³-hybridized carbons (Fsp3) is 0.529. The predicted octanol–water partition coefficient (Wildman–Crippen LogP) is 2.14. The molecule has 1 unspecified atom stereocenters. The summed E-state index contributed by atoms with van der Waals surface area (Å²) >= 11 is 0. The van der Waals surface area contributed by atoms with Gasteiger partial charge >= 0.3 is 5.76 Å². The summed E-state index contributed by atoms with van der Waals surface area (Å²) in [7, 11) is -4.39. The second kappa shape index (κ2) is 7.58. The number of nitrogens with one attached hydrogen (secondary N) is 2. The lowest BCUT2D eigenvalue weighted by molar-refractivity contribution is 0.0182. The van der Waals surface area contributed by atoms with Crippen molar-refractivity contribution in [2.45, 2.75) is 45.1 Å². The van der Waals surface area contributed by atoms with E-state index in [1.54, 1.807) is 19.9 Å². The van der Waals surface area contributed by atoms with E-state index in [0.29, 0.717) is 9.87 Å². The van der Waals surface area contributed by atoms with Crippen LogP contribution in [0.5, 0.6) is 0 Å². The summed E-state index contributed by atoms with van der Waals surface area (Å²) in [5.74, 6) is -5.81. The van der Waals surface area contributed by atoms with Gasteiger partial charge in [-0.25, -0.2) is 23.1 Å². The van der Waals surface area contributed by atoms with Crippen molar-refractivity contribution in [3.63, 3.8) is 0 Å². The zero-order valence-electron chi connectivity index (χ0n) is 16.0. The molecule has 0 saturated carbocycles. The molecule has 2 aromatic rings. The third-order valence-corrected chi connectivity index (χ3v) is 6.70. The standard InChI is InChI=1S/C17H21F3N4O4S/c1-9-4-5-12(18)13(10(9)2)11(3)14(15-21-22-16(25)28-15)23-29(26,27)24-7-6-17(19,20)8-24/h4-5,11,14,23H,6-8H2,1-3H3,(H,22,25)/t11?,14-/m0/s1. The van der Waals surface area contributed by atoms with Crippen molar-refractivity contribution in [3.8, 4) is 0 Å². The number of rotatable bonds is 6. The van der Waals surface area contributed by atoms with Crippen molar-refractivity contribution in [2.24, 2.45) is 0 Å². The molecule has 2 N–H and O–H groups in total. The van der Waals surface area contributed by atoms with Crippen molar-refractivity contribution >= 4 is 10.2 Å². The molecule has 2 heterocycles. The van der Waals surface area contributed by atoms with Gasteiger partial charge in [0, 0.05) is 18.9 Å². The summed E-state index contributed by atoms with van der Waals surface area (Å²) < 4.78 is 74.8. The monoisotopic (exact) mass is 434 g/mol. The van der Waals surface area contributed by atoms with Crippen LogP contribution >= 0.6 is 0 Å². The zero-order valence-corrected chi connectivity index (χ0v) is 16.8. The minimum Gasteiger partial charge on any atom is -0.391 e. The average molecular weight is 434 g/mol. The van der Waals surface area contributed by atoms with Crippen LogP contribution in [-0.4, -0.2) is 41.9 Å². The van der Waals surface area contributed by atoms with Gasteiger partial charge in [0.1, 0.15) is 11.9 Å². The molecule has 0 radical (unpaired) electrons. The molecule has 3 rings (SSSR count). The summed E-state index contributed by atoms with van der Waals surface area (Å²) in [4.78, 5) is 11.4. The van der Waals surface area contributed by atoms with Gasteiger partial charge in [-0.3, -0.25) is 0 Å². The zero-order chi connectivity index (χ0) is 21.6. The van der Waals surface area contributed by atoms with E-state index >= 15 is 0 Å². The van der Waals surface area contributed by atoms with E-state index in [1.165, 1.54) is 13.0 Å². The van der Waals surface area contributed by atoms with E-state index < -0.39 is 52.6 Å². The van der Waals surface area contributed by atoms with Gasteiger partial charge in [0.2, 0.25) is 5.89 Å². The normalized spacial score (nSPS) is 19.4. The van der Waals surface area contributed by atoms with Crippen LogP contribution < -0.4 is 10.5 Å². The molecule has 1 saturated heterocycles. The number of halogens is 3. The maximum absolute atomic E-state index is 14.6. The van der Waals surface area contributed by atoms with Crippen LogP contribution in [0.2, 0.25) is 0 Å². The minimum atomic E-state index is -4.39. The van der Waals surface area contributed by atoms with Crippen molar-refractivity contribution < 1.29 is 26.0 Å². The highest BCUT2D eigenvalue weighted by Gasteiger charge is 2.45. The first-order valence-corrected chi connectivity index (χ1v) is 10.3. The SMILES string of the molecule is Cc1ccc(F)c(C(C)[C@H](NS(=O)(=O)N2CCC(F)(F)C2)c2n[nH]c(=O)o2)c1C. The molecule has 1 aromatic heterocycles. The molecule has 0 amide bonds. The topological polar surface area (TPSA) is 108 Å². The number of nitrogens with zero attached hydrogens (tertiary/aromatic N) is 2. The molecule has 12 heteroatoms. The van der Waals surface area contributed by atoms with Crippen LogP contribution in [-0.2, 0) is 10.2 Å².